The van der Waals surface area contributed by atoms with Crippen LogP contribution in [0.5, 0.6) is 0 Å². The number of Topliss-reactive ketones (excluding diaryl/α,β-unsaturated/α-hetero) is 1. The highest BCUT2D eigenvalue weighted by Gasteiger charge is 2.29. The van der Waals surface area contributed by atoms with Gasteiger partial charge in [-0.2, -0.15) is 4.99 Å². The lowest BCUT2D eigenvalue weighted by molar-refractivity contribution is -0.112. The number of ether oxygens (including phenoxy) is 1. The zero-order chi connectivity index (χ0) is 17.4. The first-order valence-corrected chi connectivity index (χ1v) is 8.98. The molecule has 0 bridgehead atoms. The van der Waals surface area contributed by atoms with E-state index in [9.17, 15) is 14.7 Å². The summed E-state index contributed by atoms with van der Waals surface area (Å²) in [7, 11) is 0. The number of aliphatic hydroxyl groups is 1. The number of ketones is 1. The van der Waals surface area contributed by atoms with Gasteiger partial charge in [0.15, 0.2) is 5.78 Å². The van der Waals surface area contributed by atoms with Gasteiger partial charge in [0.25, 0.3) is 0 Å². The third kappa shape index (κ3) is 5.23. The van der Waals surface area contributed by atoms with E-state index in [2.05, 4.69) is 11.9 Å². The Morgan fingerprint density at radius 1 is 1.29 bits per heavy atom. The molecule has 0 aliphatic carbocycles. The van der Waals surface area contributed by atoms with Gasteiger partial charge in [-0.3, -0.25) is 4.79 Å². The Morgan fingerprint density at radius 2 is 2.04 bits per heavy atom. The number of hydrogen-bond acceptors (Lipinski definition) is 5. The highest BCUT2D eigenvalue weighted by Crippen LogP contribution is 2.28. The first-order chi connectivity index (χ1) is 11.6. The fraction of sp³-hybridized carbons (Fsp3) is 0.389. The average molecular weight is 347 g/mol. The van der Waals surface area contributed by atoms with Gasteiger partial charge in [0, 0.05) is 6.42 Å². The maximum atomic E-state index is 11.9. The zero-order valence-corrected chi connectivity index (χ0v) is 14.5. The summed E-state index contributed by atoms with van der Waals surface area (Å²) in [5.74, 6) is 0.0227. The quantitative estimate of drug-likeness (QED) is 0.468. The van der Waals surface area contributed by atoms with Crippen molar-refractivity contribution in [2.75, 3.05) is 5.75 Å². The van der Waals surface area contributed by atoms with Crippen molar-refractivity contribution >= 4 is 28.7 Å². The minimum absolute atomic E-state index is 0.0214. The van der Waals surface area contributed by atoms with Crippen LogP contribution in [0.2, 0.25) is 0 Å². The number of allylic oxidation sites excluding steroid dienone is 1. The normalized spacial score (nSPS) is 18.0. The lowest BCUT2D eigenvalue weighted by atomic mass is 10.1. The molecule has 1 amide bonds. The largest absolute Gasteiger partial charge is 0.511 e. The molecule has 24 heavy (non-hydrogen) atoms. The number of aliphatic hydroxyl groups excluding tert-OH is 1. The van der Waals surface area contributed by atoms with E-state index in [4.69, 9.17) is 4.74 Å². The maximum Gasteiger partial charge on any atom is 0.435 e. The first-order valence-electron chi connectivity index (χ1n) is 7.99. The van der Waals surface area contributed by atoms with Gasteiger partial charge in [0.05, 0.1) is 11.3 Å². The number of thioether (sulfide) groups is 1. The number of hydrogen-bond donors (Lipinski definition) is 1. The molecule has 5 nitrogen and oxygen atoms in total. The summed E-state index contributed by atoms with van der Waals surface area (Å²) in [6.45, 7) is 2.19. The Balaban J connectivity index is 2.02. The molecular formula is C18H21NO4S. The molecule has 2 rings (SSSR count). The average Bonchev–Trinajstić information content (AvgIpc) is 2.94. The van der Waals surface area contributed by atoms with Gasteiger partial charge in [0.1, 0.15) is 17.4 Å². The van der Waals surface area contributed by atoms with Crippen molar-refractivity contribution in [3.8, 4) is 0 Å². The van der Waals surface area contributed by atoms with E-state index < -0.39 is 6.09 Å². The molecule has 128 valence electrons. The van der Waals surface area contributed by atoms with E-state index in [0.717, 1.165) is 36.6 Å². The zero-order valence-electron chi connectivity index (χ0n) is 13.7. The topological polar surface area (TPSA) is 76.0 Å². The van der Waals surface area contributed by atoms with Crippen molar-refractivity contribution in [2.45, 2.75) is 39.2 Å². The second-order valence-corrected chi connectivity index (χ2v) is 6.41. The van der Waals surface area contributed by atoms with Crippen LogP contribution >= 0.6 is 11.8 Å². The fourth-order valence-corrected chi connectivity index (χ4v) is 3.20. The van der Waals surface area contributed by atoms with Gasteiger partial charge in [-0.25, -0.2) is 4.79 Å². The van der Waals surface area contributed by atoms with Crippen LogP contribution in [-0.4, -0.2) is 27.8 Å². The van der Waals surface area contributed by atoms with Crippen molar-refractivity contribution in [1.29, 1.82) is 0 Å². The fourth-order valence-electron chi connectivity index (χ4n) is 2.27. The van der Waals surface area contributed by atoms with Crippen LogP contribution in [0.1, 0.15) is 38.2 Å². The van der Waals surface area contributed by atoms with Crippen molar-refractivity contribution in [3.63, 3.8) is 0 Å². The van der Waals surface area contributed by atoms with Crippen molar-refractivity contribution in [1.82, 2.24) is 0 Å². The Morgan fingerprint density at radius 3 is 2.75 bits per heavy atom. The molecular weight excluding hydrogens is 326 g/mol. The first kappa shape index (κ1) is 18.3. The molecule has 1 heterocycles. The molecule has 1 aromatic rings. The maximum absolute atomic E-state index is 11.9. The van der Waals surface area contributed by atoms with Crippen LogP contribution in [0, 0.1) is 0 Å². The van der Waals surface area contributed by atoms with Crippen LogP contribution in [-0.2, 0) is 16.1 Å². The molecule has 6 heteroatoms. The van der Waals surface area contributed by atoms with Gasteiger partial charge in [-0.1, -0.05) is 61.9 Å². The molecule has 0 atom stereocenters. The van der Waals surface area contributed by atoms with Crippen LogP contribution in [0.15, 0.2) is 46.7 Å². The second-order valence-electron chi connectivity index (χ2n) is 5.45. The van der Waals surface area contributed by atoms with Crippen molar-refractivity contribution < 1.29 is 19.4 Å². The minimum atomic E-state index is -0.755. The summed E-state index contributed by atoms with van der Waals surface area (Å²) in [6, 6.07) is 9.29. The standard InChI is InChI=1S/C18H21NO4S/c1-2-3-5-10-14(20)16-15(21)12-24-17(16)19-18(22)23-11-13-8-6-4-7-9-13/h4,6-9,20H,2-3,5,10-12H2,1H3. The molecule has 1 fully saturated rings. The second kappa shape index (κ2) is 9.27. The van der Waals surface area contributed by atoms with Crippen molar-refractivity contribution in [2.24, 2.45) is 4.99 Å². The lowest BCUT2D eigenvalue weighted by Gasteiger charge is -2.05. The van der Waals surface area contributed by atoms with Crippen LogP contribution in [0.3, 0.4) is 0 Å². The predicted molar refractivity (Wildman–Crippen MR) is 95.3 cm³/mol. The lowest BCUT2D eigenvalue weighted by Crippen LogP contribution is -2.08. The molecule has 1 aliphatic heterocycles. The molecule has 0 aromatic heterocycles. The number of nitrogens with zero attached hydrogens (tertiary/aromatic N) is 1. The number of amides is 1. The summed E-state index contributed by atoms with van der Waals surface area (Å²) in [5.41, 5.74) is 1.03. The van der Waals surface area contributed by atoms with E-state index in [1.54, 1.807) is 0 Å². The summed E-state index contributed by atoms with van der Waals surface area (Å²) >= 11 is 1.16. The summed E-state index contributed by atoms with van der Waals surface area (Å²) in [6.07, 6.45) is 2.47. The van der Waals surface area contributed by atoms with E-state index in [-0.39, 0.29) is 34.5 Å². The SMILES string of the molecule is CCCCCC(O)=C1C(=O)CSC1=NC(=O)OCc1ccccc1. The Kier molecular flexibility index (Phi) is 7.06. The van der Waals surface area contributed by atoms with E-state index >= 15 is 0 Å². The number of carbonyl (C=O) groups excluding carboxylic acids is 2. The number of aliphatic imine (C=N–C) groups is 1. The number of unbranched alkanes of at least 4 members (excludes halogenated alkanes) is 2. The van der Waals surface area contributed by atoms with E-state index in [1.807, 2.05) is 30.3 Å². The molecule has 1 aliphatic rings. The Bertz CT molecular complexity index is 652. The third-order valence-corrected chi connectivity index (χ3v) is 4.51. The Hall–Kier alpha value is -2.08. The van der Waals surface area contributed by atoms with E-state index in [1.165, 1.54) is 0 Å². The van der Waals surface area contributed by atoms with Gasteiger partial charge in [-0.15, -0.1) is 0 Å². The molecule has 0 spiro atoms. The molecule has 1 N–H and O–H groups in total. The summed E-state index contributed by atoms with van der Waals surface area (Å²) < 4.78 is 5.10. The minimum Gasteiger partial charge on any atom is -0.511 e. The third-order valence-electron chi connectivity index (χ3n) is 3.54. The van der Waals surface area contributed by atoms with Crippen LogP contribution in [0.4, 0.5) is 4.79 Å². The van der Waals surface area contributed by atoms with E-state index in [0.29, 0.717) is 6.42 Å². The van der Waals surface area contributed by atoms with Crippen LogP contribution in [0.25, 0.3) is 0 Å². The Labute approximate surface area is 145 Å². The summed E-state index contributed by atoms with van der Waals surface area (Å²) in [4.78, 5) is 27.7. The van der Waals surface area contributed by atoms with Gasteiger partial charge >= 0.3 is 6.09 Å². The molecule has 0 unspecified atom stereocenters. The smallest absolute Gasteiger partial charge is 0.435 e. The number of carbonyl (C=O) groups is 2. The highest BCUT2D eigenvalue weighted by atomic mass is 32.2. The highest BCUT2D eigenvalue weighted by molar-refractivity contribution is 8.16. The van der Waals surface area contributed by atoms with Gasteiger partial charge in [-0.05, 0) is 12.0 Å². The number of benzene rings is 1. The molecule has 1 saturated heterocycles. The van der Waals surface area contributed by atoms with Gasteiger partial charge in [0.2, 0.25) is 0 Å². The van der Waals surface area contributed by atoms with Crippen molar-refractivity contribution in [3.05, 3.63) is 47.2 Å². The van der Waals surface area contributed by atoms with Crippen LogP contribution < -0.4 is 0 Å². The molecule has 0 saturated carbocycles. The number of rotatable bonds is 6. The monoisotopic (exact) mass is 347 g/mol. The molecule has 0 radical (unpaired) electrons. The molecule has 1 aromatic carbocycles. The predicted octanol–water partition coefficient (Wildman–Crippen LogP) is 4.43. The summed E-state index contributed by atoms with van der Waals surface area (Å²) in [5, 5.41) is 10.4. The van der Waals surface area contributed by atoms with Gasteiger partial charge < -0.3 is 9.84 Å².